The summed E-state index contributed by atoms with van der Waals surface area (Å²) in [6.07, 6.45) is 1.96. The van der Waals surface area contributed by atoms with Gasteiger partial charge in [-0.1, -0.05) is 26.0 Å². The molecule has 0 radical (unpaired) electrons. The molecule has 2 amide bonds. The van der Waals surface area contributed by atoms with Gasteiger partial charge in [-0.05, 0) is 49.1 Å². The van der Waals surface area contributed by atoms with Crippen LogP contribution in [0.25, 0.3) is 0 Å². The molecule has 7 nitrogen and oxygen atoms in total. The zero-order valence-electron chi connectivity index (χ0n) is 20.6. The van der Waals surface area contributed by atoms with Crippen molar-refractivity contribution in [1.29, 1.82) is 0 Å². The molecule has 11 heteroatoms. The summed E-state index contributed by atoms with van der Waals surface area (Å²) in [5, 5.41) is 2.79. The van der Waals surface area contributed by atoms with E-state index in [9.17, 15) is 31.2 Å². The van der Waals surface area contributed by atoms with Crippen LogP contribution in [-0.2, 0) is 26.2 Å². The quantitative estimate of drug-likeness (QED) is 0.427. The van der Waals surface area contributed by atoms with Crippen LogP contribution in [0.15, 0.2) is 42.5 Å². The van der Waals surface area contributed by atoms with E-state index in [-0.39, 0.29) is 37.5 Å². The largest absolute Gasteiger partial charge is 0.354 e. The monoisotopic (exact) mass is 527 g/mol. The molecule has 1 atom stereocenters. The summed E-state index contributed by atoms with van der Waals surface area (Å²) in [7, 11) is -3.84. The number of hydrogen-bond donors (Lipinski definition) is 1. The van der Waals surface area contributed by atoms with Crippen molar-refractivity contribution in [2.24, 2.45) is 0 Å². The van der Waals surface area contributed by atoms with E-state index >= 15 is 0 Å². The van der Waals surface area contributed by atoms with Gasteiger partial charge in [0.25, 0.3) is 0 Å². The normalized spacial score (nSPS) is 12.2. The molecule has 2 aromatic rings. The number of nitrogens with one attached hydrogen (secondary N) is 1. The molecule has 0 saturated carbocycles. The maximum absolute atomic E-state index is 13.7. The van der Waals surface area contributed by atoms with Gasteiger partial charge in [0.15, 0.2) is 11.6 Å². The second kappa shape index (κ2) is 13.3. The van der Waals surface area contributed by atoms with Crippen molar-refractivity contribution < 1.29 is 31.2 Å². The van der Waals surface area contributed by atoms with Crippen molar-refractivity contribution in [2.75, 3.05) is 23.7 Å². The fourth-order valence-corrected chi connectivity index (χ4v) is 4.67. The minimum atomic E-state index is -3.84. The lowest BCUT2D eigenvalue weighted by Gasteiger charge is -2.31. The van der Waals surface area contributed by atoms with E-state index in [1.807, 2.05) is 6.92 Å². The predicted molar refractivity (Wildman–Crippen MR) is 132 cm³/mol. The second-order valence-corrected chi connectivity index (χ2v) is 10.3. The van der Waals surface area contributed by atoms with E-state index in [4.69, 9.17) is 0 Å². The maximum atomic E-state index is 13.7. The summed E-state index contributed by atoms with van der Waals surface area (Å²) in [5.74, 6) is -3.43. The van der Waals surface area contributed by atoms with Crippen molar-refractivity contribution in [3.63, 3.8) is 0 Å². The Bertz CT molecular complexity index is 1140. The van der Waals surface area contributed by atoms with Gasteiger partial charge < -0.3 is 10.2 Å². The molecule has 1 N–H and O–H groups in total. The molecular formula is C25H32F3N3O4S. The van der Waals surface area contributed by atoms with E-state index in [0.717, 1.165) is 35.2 Å². The van der Waals surface area contributed by atoms with Crippen LogP contribution in [0.5, 0.6) is 0 Å². The highest BCUT2D eigenvalue weighted by atomic mass is 32.2. The number of sulfonamides is 1. The zero-order valence-corrected chi connectivity index (χ0v) is 21.5. The number of benzene rings is 2. The van der Waals surface area contributed by atoms with Crippen LogP contribution in [-0.4, -0.2) is 50.5 Å². The molecule has 0 heterocycles. The molecule has 36 heavy (non-hydrogen) atoms. The van der Waals surface area contributed by atoms with Gasteiger partial charge in [-0.25, -0.2) is 21.6 Å². The Labute approximate surface area is 210 Å². The number of amides is 2. The van der Waals surface area contributed by atoms with Crippen LogP contribution >= 0.6 is 0 Å². The minimum absolute atomic E-state index is 0.0580. The number of nitrogens with zero attached hydrogens (tertiary/aromatic N) is 2. The molecule has 0 unspecified atom stereocenters. The Kier molecular flexibility index (Phi) is 10.8. The van der Waals surface area contributed by atoms with E-state index < -0.39 is 39.4 Å². The van der Waals surface area contributed by atoms with Crippen LogP contribution in [0.1, 0.15) is 45.1 Å². The highest BCUT2D eigenvalue weighted by Gasteiger charge is 2.28. The lowest BCUT2D eigenvalue weighted by Crippen LogP contribution is -2.49. The lowest BCUT2D eigenvalue weighted by molar-refractivity contribution is -0.141. The van der Waals surface area contributed by atoms with Gasteiger partial charge in [0.1, 0.15) is 11.9 Å². The summed E-state index contributed by atoms with van der Waals surface area (Å²) in [6.45, 7) is 4.04. The predicted octanol–water partition coefficient (Wildman–Crippen LogP) is 3.98. The number of anilines is 1. The first kappa shape index (κ1) is 29.2. The van der Waals surface area contributed by atoms with Crippen LogP contribution in [0.3, 0.4) is 0 Å². The summed E-state index contributed by atoms with van der Waals surface area (Å²) in [5.41, 5.74) is 0.573. The molecule has 0 aliphatic carbocycles. The fraction of sp³-hybridized carbons (Fsp3) is 0.440. The van der Waals surface area contributed by atoms with E-state index in [0.29, 0.717) is 18.5 Å². The first-order valence-corrected chi connectivity index (χ1v) is 13.6. The van der Waals surface area contributed by atoms with Gasteiger partial charge >= 0.3 is 0 Å². The maximum Gasteiger partial charge on any atom is 0.242 e. The van der Waals surface area contributed by atoms with E-state index in [2.05, 4.69) is 5.32 Å². The van der Waals surface area contributed by atoms with E-state index in [1.54, 1.807) is 6.92 Å². The van der Waals surface area contributed by atoms with Crippen molar-refractivity contribution in [3.8, 4) is 0 Å². The first-order chi connectivity index (χ1) is 17.0. The SMILES string of the molecule is CCCNC(=O)[C@@H](CC)N(Cc1ccc(F)cc1)C(=O)CCCN(c1ccc(F)c(F)c1)S(C)(=O)=O. The Morgan fingerprint density at radius 1 is 1.00 bits per heavy atom. The van der Waals surface area contributed by atoms with Crippen molar-refractivity contribution in [2.45, 2.75) is 52.1 Å². The molecule has 198 valence electrons. The highest BCUT2D eigenvalue weighted by molar-refractivity contribution is 7.92. The summed E-state index contributed by atoms with van der Waals surface area (Å²) in [4.78, 5) is 27.4. The van der Waals surface area contributed by atoms with Gasteiger partial charge in [-0.15, -0.1) is 0 Å². The summed E-state index contributed by atoms with van der Waals surface area (Å²) in [6, 6.07) is 7.58. The van der Waals surface area contributed by atoms with Crippen LogP contribution in [0.4, 0.5) is 18.9 Å². The Morgan fingerprint density at radius 2 is 1.67 bits per heavy atom. The Hall–Kier alpha value is -3.08. The molecule has 0 spiro atoms. The van der Waals surface area contributed by atoms with Gasteiger partial charge in [-0.3, -0.25) is 13.9 Å². The zero-order chi connectivity index (χ0) is 26.9. The average Bonchev–Trinajstić information content (AvgIpc) is 2.82. The molecule has 2 aromatic carbocycles. The van der Waals surface area contributed by atoms with Gasteiger partial charge in [0.2, 0.25) is 21.8 Å². The Morgan fingerprint density at radius 3 is 2.22 bits per heavy atom. The lowest BCUT2D eigenvalue weighted by atomic mass is 10.1. The second-order valence-electron chi connectivity index (χ2n) is 8.40. The number of halogens is 3. The molecule has 0 aliphatic heterocycles. The van der Waals surface area contributed by atoms with Crippen LogP contribution in [0.2, 0.25) is 0 Å². The van der Waals surface area contributed by atoms with E-state index in [1.165, 1.54) is 29.2 Å². The third-order valence-corrected chi connectivity index (χ3v) is 6.74. The average molecular weight is 528 g/mol. The molecule has 0 aliphatic rings. The molecule has 2 rings (SSSR count). The fourth-order valence-electron chi connectivity index (χ4n) is 3.72. The van der Waals surface area contributed by atoms with Gasteiger partial charge in [0, 0.05) is 32.1 Å². The number of carbonyl (C=O) groups is 2. The number of carbonyl (C=O) groups excluding carboxylic acids is 2. The van der Waals surface area contributed by atoms with Gasteiger partial charge in [0.05, 0.1) is 11.9 Å². The van der Waals surface area contributed by atoms with Gasteiger partial charge in [-0.2, -0.15) is 0 Å². The Balaban J connectivity index is 2.21. The summed E-state index contributed by atoms with van der Waals surface area (Å²) < 4.78 is 65.8. The van der Waals surface area contributed by atoms with Crippen molar-refractivity contribution in [3.05, 3.63) is 65.5 Å². The standard InChI is InChI=1S/C25H32F3N3O4S/c1-4-14-29-25(33)23(5-2)30(17-18-8-10-19(26)11-9-18)24(32)7-6-15-31(36(3,34)35)20-12-13-21(27)22(28)16-20/h8-13,16,23H,4-7,14-15,17H2,1-3H3,(H,29,33)/t23-/m1/s1. The first-order valence-electron chi connectivity index (χ1n) is 11.7. The molecule has 0 fully saturated rings. The topological polar surface area (TPSA) is 86.8 Å². The van der Waals surface area contributed by atoms with Crippen molar-refractivity contribution >= 4 is 27.5 Å². The molecule has 0 bridgehead atoms. The smallest absolute Gasteiger partial charge is 0.242 e. The third kappa shape index (κ3) is 8.25. The summed E-state index contributed by atoms with van der Waals surface area (Å²) >= 11 is 0. The minimum Gasteiger partial charge on any atom is -0.354 e. The molecule has 0 saturated heterocycles. The number of hydrogen-bond acceptors (Lipinski definition) is 4. The third-order valence-electron chi connectivity index (χ3n) is 5.54. The van der Waals surface area contributed by atoms with Crippen LogP contribution < -0.4 is 9.62 Å². The molecular weight excluding hydrogens is 495 g/mol. The van der Waals surface area contributed by atoms with Crippen molar-refractivity contribution in [1.82, 2.24) is 10.2 Å². The van der Waals surface area contributed by atoms with Crippen LogP contribution in [0, 0.1) is 17.5 Å². The number of rotatable bonds is 13. The molecule has 0 aromatic heterocycles. The highest BCUT2D eigenvalue weighted by Crippen LogP contribution is 2.22.